The summed E-state index contributed by atoms with van der Waals surface area (Å²) in [5.41, 5.74) is -0.0303. The van der Waals surface area contributed by atoms with Crippen molar-refractivity contribution < 1.29 is 14.7 Å². The molecule has 1 aliphatic carbocycles. The number of carbonyl (C=O) groups excluding carboxylic acids is 1. The van der Waals surface area contributed by atoms with Gasteiger partial charge >= 0.3 is 5.97 Å². The Morgan fingerprint density at radius 3 is 2.33 bits per heavy atom. The van der Waals surface area contributed by atoms with E-state index in [1.54, 1.807) is 30.9 Å². The molecule has 21 heavy (non-hydrogen) atoms. The van der Waals surface area contributed by atoms with Crippen molar-refractivity contribution in [2.24, 2.45) is 5.41 Å². The van der Waals surface area contributed by atoms with Crippen molar-refractivity contribution in [2.45, 2.75) is 45.7 Å². The van der Waals surface area contributed by atoms with Crippen LogP contribution in [0.2, 0.25) is 5.02 Å². The lowest BCUT2D eigenvalue weighted by atomic mass is 9.89. The number of amides is 1. The Hall–Kier alpha value is -1.55. The maximum atomic E-state index is 12.5. The maximum absolute atomic E-state index is 12.5. The molecule has 0 saturated heterocycles. The van der Waals surface area contributed by atoms with Crippen molar-refractivity contribution in [3.63, 3.8) is 0 Å². The zero-order chi connectivity index (χ0) is 15.6. The van der Waals surface area contributed by atoms with Crippen LogP contribution in [0.1, 0.15) is 38.7 Å². The number of carbonyl (C=O) groups is 2. The molecule has 0 unspecified atom stereocenters. The highest BCUT2D eigenvalue weighted by atomic mass is 35.5. The van der Waals surface area contributed by atoms with Gasteiger partial charge in [-0.1, -0.05) is 23.7 Å². The zero-order valence-electron chi connectivity index (χ0n) is 12.3. The Kier molecular flexibility index (Phi) is 4.57. The van der Waals surface area contributed by atoms with Crippen LogP contribution in [0.4, 0.5) is 0 Å². The SMILES string of the molecule is CC(C)(CC(=O)N(Cc1ccc(Cl)cc1)C1CC1)C(=O)O. The van der Waals surface area contributed by atoms with E-state index in [1.807, 2.05) is 12.1 Å². The van der Waals surface area contributed by atoms with Crippen LogP contribution in [-0.2, 0) is 16.1 Å². The molecule has 0 bridgehead atoms. The first kappa shape index (κ1) is 15.8. The Morgan fingerprint density at radius 1 is 1.29 bits per heavy atom. The highest BCUT2D eigenvalue weighted by Gasteiger charge is 2.37. The van der Waals surface area contributed by atoms with Gasteiger partial charge in [0.15, 0.2) is 0 Å². The summed E-state index contributed by atoms with van der Waals surface area (Å²) < 4.78 is 0. The molecule has 0 aromatic heterocycles. The fourth-order valence-corrected chi connectivity index (χ4v) is 2.27. The molecule has 1 aromatic rings. The van der Waals surface area contributed by atoms with Gasteiger partial charge in [-0.2, -0.15) is 0 Å². The van der Waals surface area contributed by atoms with Gasteiger partial charge in [-0.15, -0.1) is 0 Å². The van der Waals surface area contributed by atoms with Gasteiger partial charge in [0.1, 0.15) is 0 Å². The molecule has 0 atom stereocenters. The van der Waals surface area contributed by atoms with Gasteiger partial charge in [0, 0.05) is 24.0 Å². The van der Waals surface area contributed by atoms with Gasteiger partial charge in [-0.05, 0) is 44.4 Å². The molecule has 0 aliphatic heterocycles. The molecule has 114 valence electrons. The van der Waals surface area contributed by atoms with Crippen LogP contribution in [0.25, 0.3) is 0 Å². The van der Waals surface area contributed by atoms with Crippen molar-refractivity contribution in [3.8, 4) is 0 Å². The molecule has 1 aliphatic rings. The summed E-state index contributed by atoms with van der Waals surface area (Å²) >= 11 is 5.86. The molecule has 1 fully saturated rings. The second-order valence-electron chi connectivity index (χ2n) is 6.25. The monoisotopic (exact) mass is 309 g/mol. The molecule has 1 N–H and O–H groups in total. The van der Waals surface area contributed by atoms with E-state index < -0.39 is 11.4 Å². The molecule has 4 nitrogen and oxygen atoms in total. The second-order valence-corrected chi connectivity index (χ2v) is 6.68. The minimum absolute atomic E-state index is 0.0203. The van der Waals surface area contributed by atoms with Gasteiger partial charge < -0.3 is 10.0 Å². The average Bonchev–Trinajstić information content (AvgIpc) is 3.21. The molecular weight excluding hydrogens is 290 g/mol. The number of carboxylic acid groups (broad SMARTS) is 1. The van der Waals surface area contributed by atoms with Crippen LogP contribution in [0, 0.1) is 5.41 Å². The number of hydrogen-bond acceptors (Lipinski definition) is 2. The summed E-state index contributed by atoms with van der Waals surface area (Å²) in [6.45, 7) is 3.68. The first-order valence-corrected chi connectivity index (χ1v) is 7.45. The van der Waals surface area contributed by atoms with Crippen LogP contribution in [-0.4, -0.2) is 27.9 Å². The first-order valence-electron chi connectivity index (χ1n) is 7.07. The smallest absolute Gasteiger partial charge is 0.309 e. The number of hydrogen-bond donors (Lipinski definition) is 1. The lowest BCUT2D eigenvalue weighted by Crippen LogP contribution is -2.37. The third-order valence-electron chi connectivity index (χ3n) is 3.75. The van der Waals surface area contributed by atoms with E-state index in [0.29, 0.717) is 11.6 Å². The largest absolute Gasteiger partial charge is 0.481 e. The zero-order valence-corrected chi connectivity index (χ0v) is 13.1. The van der Waals surface area contributed by atoms with Crippen LogP contribution < -0.4 is 0 Å². The van der Waals surface area contributed by atoms with Gasteiger partial charge in [-0.3, -0.25) is 9.59 Å². The van der Waals surface area contributed by atoms with Crippen LogP contribution in [0.3, 0.4) is 0 Å². The molecule has 1 amide bonds. The van der Waals surface area contributed by atoms with E-state index in [9.17, 15) is 9.59 Å². The highest BCUT2D eigenvalue weighted by Crippen LogP contribution is 2.31. The summed E-state index contributed by atoms with van der Waals surface area (Å²) in [5.74, 6) is -1.04. The number of carboxylic acids is 1. The normalized spacial score (nSPS) is 14.8. The van der Waals surface area contributed by atoms with E-state index in [0.717, 1.165) is 18.4 Å². The summed E-state index contributed by atoms with van der Waals surface area (Å²) in [6, 6.07) is 7.64. The maximum Gasteiger partial charge on any atom is 0.309 e. The Bertz CT molecular complexity index is 535. The summed E-state index contributed by atoms with van der Waals surface area (Å²) in [4.78, 5) is 25.4. The summed E-state index contributed by atoms with van der Waals surface area (Å²) in [6.07, 6.45) is 2.01. The second kappa shape index (κ2) is 6.06. The minimum Gasteiger partial charge on any atom is -0.481 e. The first-order chi connectivity index (χ1) is 9.79. The van der Waals surface area contributed by atoms with Gasteiger partial charge in [0.2, 0.25) is 5.91 Å². The number of nitrogens with zero attached hydrogens (tertiary/aromatic N) is 1. The van der Waals surface area contributed by atoms with E-state index in [4.69, 9.17) is 16.7 Å². The molecule has 1 aromatic carbocycles. The van der Waals surface area contributed by atoms with E-state index in [-0.39, 0.29) is 18.4 Å². The van der Waals surface area contributed by atoms with Crippen molar-refractivity contribution >= 4 is 23.5 Å². The van der Waals surface area contributed by atoms with E-state index >= 15 is 0 Å². The van der Waals surface area contributed by atoms with Gasteiger partial charge in [0.05, 0.1) is 5.41 Å². The molecule has 0 spiro atoms. The topological polar surface area (TPSA) is 57.6 Å². The van der Waals surface area contributed by atoms with Crippen molar-refractivity contribution in [1.29, 1.82) is 0 Å². The molecule has 2 rings (SSSR count). The third kappa shape index (κ3) is 4.21. The number of halogens is 1. The number of aliphatic carboxylic acids is 1. The van der Waals surface area contributed by atoms with Gasteiger partial charge in [0.25, 0.3) is 0 Å². The van der Waals surface area contributed by atoms with Crippen LogP contribution >= 0.6 is 11.6 Å². The fourth-order valence-electron chi connectivity index (χ4n) is 2.15. The molecule has 0 heterocycles. The van der Waals surface area contributed by atoms with Crippen molar-refractivity contribution in [1.82, 2.24) is 4.90 Å². The Morgan fingerprint density at radius 2 is 1.86 bits per heavy atom. The van der Waals surface area contributed by atoms with Gasteiger partial charge in [-0.25, -0.2) is 0 Å². The summed E-state index contributed by atoms with van der Waals surface area (Å²) in [7, 11) is 0. The molecule has 5 heteroatoms. The van der Waals surface area contributed by atoms with E-state index in [1.165, 1.54) is 0 Å². The van der Waals surface area contributed by atoms with Crippen LogP contribution in [0.5, 0.6) is 0 Å². The van der Waals surface area contributed by atoms with Crippen molar-refractivity contribution in [3.05, 3.63) is 34.9 Å². The van der Waals surface area contributed by atoms with E-state index in [2.05, 4.69) is 0 Å². The molecule has 1 saturated carbocycles. The Balaban J connectivity index is 2.07. The third-order valence-corrected chi connectivity index (χ3v) is 4.00. The lowest BCUT2D eigenvalue weighted by Gasteiger charge is -2.27. The highest BCUT2D eigenvalue weighted by molar-refractivity contribution is 6.30. The number of rotatable bonds is 6. The fraction of sp³-hybridized carbons (Fsp3) is 0.500. The number of benzene rings is 1. The lowest BCUT2D eigenvalue weighted by molar-refractivity contribution is -0.151. The minimum atomic E-state index is -1.04. The quantitative estimate of drug-likeness (QED) is 0.877. The predicted octanol–water partition coefficient (Wildman–Crippen LogP) is 3.33. The molecular formula is C16H20ClNO3. The predicted molar refractivity (Wildman–Crippen MR) is 81.1 cm³/mol. The molecule has 0 radical (unpaired) electrons. The van der Waals surface area contributed by atoms with Crippen molar-refractivity contribution in [2.75, 3.05) is 0 Å². The summed E-state index contributed by atoms with van der Waals surface area (Å²) in [5, 5.41) is 9.82. The Labute approximate surface area is 129 Å². The average molecular weight is 310 g/mol. The standard InChI is InChI=1S/C16H20ClNO3/c1-16(2,15(20)21)9-14(19)18(13-7-8-13)10-11-3-5-12(17)6-4-11/h3-6,13H,7-10H2,1-2H3,(H,20,21). The van der Waals surface area contributed by atoms with Crippen LogP contribution in [0.15, 0.2) is 24.3 Å².